The van der Waals surface area contributed by atoms with Gasteiger partial charge in [0.25, 0.3) is 0 Å². The molecule has 0 saturated heterocycles. The number of ether oxygens (including phenoxy) is 2. The van der Waals surface area contributed by atoms with E-state index in [0.717, 1.165) is 5.56 Å². The van der Waals surface area contributed by atoms with Gasteiger partial charge < -0.3 is 19.9 Å². The second-order valence-electron chi connectivity index (χ2n) is 5.84. The highest BCUT2D eigenvalue weighted by molar-refractivity contribution is 6.32. The lowest BCUT2D eigenvalue weighted by Crippen LogP contribution is -2.23. The van der Waals surface area contributed by atoms with Crippen LogP contribution in [-0.2, 0) is 13.2 Å². The summed E-state index contributed by atoms with van der Waals surface area (Å²) >= 11 is 12.4. The molecule has 2 aromatic rings. The smallest absolute Gasteiger partial charge is 0.180 e. The van der Waals surface area contributed by atoms with Crippen LogP contribution in [0.4, 0.5) is 4.39 Å². The molecule has 2 N–H and O–H groups in total. The Balaban J connectivity index is 2.15. The molecule has 26 heavy (non-hydrogen) atoms. The SMILES string of the molecule is CCOc1cc(CNC[C@H](C)O)cc(Cl)c1OCc1ccc(F)cc1Cl. The van der Waals surface area contributed by atoms with E-state index < -0.39 is 11.9 Å². The molecule has 0 bridgehead atoms. The van der Waals surface area contributed by atoms with Crippen LogP contribution >= 0.6 is 23.2 Å². The largest absolute Gasteiger partial charge is 0.490 e. The number of hydrogen-bond acceptors (Lipinski definition) is 4. The summed E-state index contributed by atoms with van der Waals surface area (Å²) in [6.45, 7) is 5.18. The average molecular weight is 402 g/mol. The molecule has 0 heterocycles. The third-order valence-electron chi connectivity index (χ3n) is 3.53. The quantitative estimate of drug-likeness (QED) is 0.645. The summed E-state index contributed by atoms with van der Waals surface area (Å²) in [6.07, 6.45) is -0.431. The van der Waals surface area contributed by atoms with Gasteiger partial charge in [-0.05, 0) is 43.7 Å². The normalized spacial score (nSPS) is 12.1. The highest BCUT2D eigenvalue weighted by Crippen LogP contribution is 2.37. The molecule has 4 nitrogen and oxygen atoms in total. The Labute approximate surface area is 162 Å². The highest BCUT2D eigenvalue weighted by Gasteiger charge is 2.14. The summed E-state index contributed by atoms with van der Waals surface area (Å²) in [5.74, 6) is 0.529. The number of hydrogen-bond donors (Lipinski definition) is 2. The molecule has 2 aromatic carbocycles. The molecule has 0 saturated carbocycles. The Morgan fingerprint density at radius 3 is 2.58 bits per heavy atom. The molecule has 0 aliphatic heterocycles. The lowest BCUT2D eigenvalue weighted by Gasteiger charge is -2.16. The van der Waals surface area contributed by atoms with Crippen molar-refractivity contribution in [3.8, 4) is 11.5 Å². The second-order valence-corrected chi connectivity index (χ2v) is 6.66. The van der Waals surface area contributed by atoms with E-state index in [1.54, 1.807) is 19.1 Å². The van der Waals surface area contributed by atoms with E-state index in [-0.39, 0.29) is 11.6 Å². The van der Waals surface area contributed by atoms with Gasteiger partial charge in [0.2, 0.25) is 0 Å². The summed E-state index contributed by atoms with van der Waals surface area (Å²) in [5.41, 5.74) is 1.56. The zero-order valence-electron chi connectivity index (χ0n) is 14.7. The first-order valence-corrected chi connectivity index (χ1v) is 9.07. The predicted molar refractivity (Wildman–Crippen MR) is 102 cm³/mol. The van der Waals surface area contributed by atoms with Crippen LogP contribution in [-0.4, -0.2) is 24.4 Å². The summed E-state index contributed by atoms with van der Waals surface area (Å²) in [7, 11) is 0. The van der Waals surface area contributed by atoms with Crippen molar-refractivity contribution < 1.29 is 19.0 Å². The van der Waals surface area contributed by atoms with Crippen molar-refractivity contribution in [3.05, 3.63) is 57.3 Å². The van der Waals surface area contributed by atoms with Gasteiger partial charge in [-0.2, -0.15) is 0 Å². The van der Waals surface area contributed by atoms with Crippen LogP contribution in [0.3, 0.4) is 0 Å². The van der Waals surface area contributed by atoms with E-state index in [0.29, 0.717) is 41.8 Å². The van der Waals surface area contributed by atoms with Crippen molar-refractivity contribution in [2.45, 2.75) is 33.1 Å². The minimum absolute atomic E-state index is 0.137. The van der Waals surface area contributed by atoms with Gasteiger partial charge in [0, 0.05) is 18.7 Å². The number of rotatable bonds is 9. The van der Waals surface area contributed by atoms with E-state index in [1.165, 1.54) is 12.1 Å². The van der Waals surface area contributed by atoms with Gasteiger partial charge in [0.1, 0.15) is 12.4 Å². The highest BCUT2D eigenvalue weighted by atomic mass is 35.5. The third kappa shape index (κ3) is 6.02. The first-order valence-electron chi connectivity index (χ1n) is 8.31. The number of benzene rings is 2. The zero-order valence-corrected chi connectivity index (χ0v) is 16.2. The van der Waals surface area contributed by atoms with Crippen molar-refractivity contribution in [3.63, 3.8) is 0 Å². The molecular formula is C19H22Cl2FNO3. The summed E-state index contributed by atoms with van der Waals surface area (Å²) < 4.78 is 24.6. The average Bonchev–Trinajstić information content (AvgIpc) is 2.55. The fraction of sp³-hybridized carbons (Fsp3) is 0.368. The first kappa shape index (κ1) is 20.8. The maximum absolute atomic E-state index is 13.1. The number of nitrogens with one attached hydrogen (secondary N) is 1. The molecular weight excluding hydrogens is 380 g/mol. The number of aliphatic hydroxyl groups is 1. The van der Waals surface area contributed by atoms with Crippen LogP contribution in [0.2, 0.25) is 10.0 Å². The molecule has 0 radical (unpaired) electrons. The Morgan fingerprint density at radius 2 is 1.92 bits per heavy atom. The van der Waals surface area contributed by atoms with E-state index in [1.807, 2.05) is 13.0 Å². The number of halogens is 3. The van der Waals surface area contributed by atoms with Gasteiger partial charge in [0.15, 0.2) is 11.5 Å². The van der Waals surface area contributed by atoms with Gasteiger partial charge in [-0.25, -0.2) is 4.39 Å². The van der Waals surface area contributed by atoms with Gasteiger partial charge in [0.05, 0.1) is 22.8 Å². The van der Waals surface area contributed by atoms with Crippen molar-refractivity contribution in [2.75, 3.05) is 13.2 Å². The van der Waals surface area contributed by atoms with E-state index in [4.69, 9.17) is 32.7 Å². The van der Waals surface area contributed by atoms with Gasteiger partial charge in [-0.1, -0.05) is 29.3 Å². The Kier molecular flexibility index (Phi) is 7.97. The molecule has 0 aliphatic carbocycles. The van der Waals surface area contributed by atoms with Crippen LogP contribution in [0.1, 0.15) is 25.0 Å². The minimum Gasteiger partial charge on any atom is -0.490 e. The molecule has 1 atom stereocenters. The van der Waals surface area contributed by atoms with E-state index >= 15 is 0 Å². The van der Waals surface area contributed by atoms with Crippen LogP contribution < -0.4 is 14.8 Å². The topological polar surface area (TPSA) is 50.7 Å². The molecule has 0 aliphatic rings. The Hall–Kier alpha value is -1.53. The minimum atomic E-state index is -0.431. The Bertz CT molecular complexity index is 741. The van der Waals surface area contributed by atoms with Crippen molar-refractivity contribution in [1.29, 1.82) is 0 Å². The van der Waals surface area contributed by atoms with E-state index in [9.17, 15) is 9.50 Å². The van der Waals surface area contributed by atoms with Crippen LogP contribution in [0, 0.1) is 5.82 Å². The van der Waals surface area contributed by atoms with Crippen molar-refractivity contribution in [2.24, 2.45) is 0 Å². The van der Waals surface area contributed by atoms with Gasteiger partial charge in [-0.15, -0.1) is 0 Å². The Morgan fingerprint density at radius 1 is 1.15 bits per heavy atom. The van der Waals surface area contributed by atoms with Gasteiger partial charge >= 0.3 is 0 Å². The molecule has 142 valence electrons. The van der Waals surface area contributed by atoms with Crippen LogP contribution in [0.15, 0.2) is 30.3 Å². The van der Waals surface area contributed by atoms with Crippen molar-refractivity contribution >= 4 is 23.2 Å². The van der Waals surface area contributed by atoms with E-state index in [2.05, 4.69) is 5.32 Å². The lowest BCUT2D eigenvalue weighted by atomic mass is 10.2. The molecule has 0 fully saturated rings. The standard InChI is InChI=1S/C19H22Cl2FNO3/c1-3-25-18-7-13(10-23-9-12(2)24)6-17(21)19(18)26-11-14-4-5-15(22)8-16(14)20/h4-8,12,23-24H,3,9-11H2,1-2H3/t12-/m0/s1. The summed E-state index contributed by atoms with van der Waals surface area (Å²) in [6, 6.07) is 7.75. The summed E-state index contributed by atoms with van der Waals surface area (Å²) in [5, 5.41) is 13.1. The monoisotopic (exact) mass is 401 g/mol. The second kappa shape index (κ2) is 9.97. The molecule has 0 unspecified atom stereocenters. The third-order valence-corrected chi connectivity index (χ3v) is 4.16. The maximum atomic E-state index is 13.1. The van der Waals surface area contributed by atoms with Crippen LogP contribution in [0.25, 0.3) is 0 Å². The van der Waals surface area contributed by atoms with Crippen molar-refractivity contribution in [1.82, 2.24) is 5.32 Å². The predicted octanol–water partition coefficient (Wildman–Crippen LogP) is 4.58. The fourth-order valence-corrected chi connectivity index (χ4v) is 2.85. The summed E-state index contributed by atoms with van der Waals surface area (Å²) in [4.78, 5) is 0. The first-order chi connectivity index (χ1) is 12.4. The molecule has 0 aromatic heterocycles. The van der Waals surface area contributed by atoms with Crippen LogP contribution in [0.5, 0.6) is 11.5 Å². The maximum Gasteiger partial charge on any atom is 0.180 e. The molecule has 0 spiro atoms. The lowest BCUT2D eigenvalue weighted by molar-refractivity contribution is 0.191. The zero-order chi connectivity index (χ0) is 19.1. The van der Waals surface area contributed by atoms with Gasteiger partial charge in [-0.3, -0.25) is 0 Å². The number of aliphatic hydroxyl groups excluding tert-OH is 1. The fourth-order valence-electron chi connectivity index (χ4n) is 2.34. The molecule has 0 amide bonds. The molecule has 7 heteroatoms. The molecule has 2 rings (SSSR count).